The standard InChI is InChI=1S/C12H19NO/c1-6-8-11(10(3)14-5)12(13-4)9-7-2/h6,8-9,13H,1,3,7H2,2,4-5H3/b11-8+,12-9-. The van der Waals surface area contributed by atoms with Crippen LogP contribution in [0, 0.1) is 0 Å². The number of hydrogen-bond acceptors (Lipinski definition) is 2. The molecule has 0 aliphatic rings. The number of nitrogens with one attached hydrogen (secondary N) is 1. The highest BCUT2D eigenvalue weighted by Gasteiger charge is 2.06. The molecule has 0 radical (unpaired) electrons. The molecular weight excluding hydrogens is 174 g/mol. The van der Waals surface area contributed by atoms with Crippen molar-refractivity contribution >= 4 is 0 Å². The van der Waals surface area contributed by atoms with Gasteiger partial charge in [0.1, 0.15) is 5.76 Å². The van der Waals surface area contributed by atoms with Gasteiger partial charge in [-0.05, 0) is 12.5 Å². The van der Waals surface area contributed by atoms with Gasteiger partial charge in [-0.3, -0.25) is 0 Å². The maximum Gasteiger partial charge on any atom is 0.120 e. The van der Waals surface area contributed by atoms with Crippen molar-refractivity contribution in [2.24, 2.45) is 0 Å². The Morgan fingerprint density at radius 1 is 1.50 bits per heavy atom. The van der Waals surface area contributed by atoms with Crippen LogP contribution in [0.5, 0.6) is 0 Å². The molecule has 2 heteroatoms. The zero-order chi connectivity index (χ0) is 11.0. The summed E-state index contributed by atoms with van der Waals surface area (Å²) in [6.45, 7) is 9.57. The molecule has 78 valence electrons. The Morgan fingerprint density at radius 2 is 2.14 bits per heavy atom. The Balaban J connectivity index is 4.98. The number of ether oxygens (including phenoxy) is 1. The normalized spacial score (nSPS) is 12.2. The summed E-state index contributed by atoms with van der Waals surface area (Å²) in [6.07, 6.45) is 6.64. The molecule has 0 aliphatic heterocycles. The van der Waals surface area contributed by atoms with Crippen LogP contribution in [-0.2, 0) is 4.74 Å². The van der Waals surface area contributed by atoms with E-state index in [-0.39, 0.29) is 0 Å². The van der Waals surface area contributed by atoms with E-state index in [4.69, 9.17) is 4.74 Å². The van der Waals surface area contributed by atoms with Crippen molar-refractivity contribution in [3.8, 4) is 0 Å². The average molecular weight is 193 g/mol. The van der Waals surface area contributed by atoms with E-state index in [0.29, 0.717) is 5.76 Å². The first-order valence-corrected chi connectivity index (χ1v) is 4.65. The second kappa shape index (κ2) is 7.01. The summed E-state index contributed by atoms with van der Waals surface area (Å²) in [7, 11) is 3.49. The predicted octanol–water partition coefficient (Wildman–Crippen LogP) is 2.77. The summed E-state index contributed by atoms with van der Waals surface area (Å²) in [5.41, 5.74) is 1.95. The van der Waals surface area contributed by atoms with Crippen LogP contribution in [0.15, 0.2) is 48.4 Å². The quantitative estimate of drug-likeness (QED) is 0.517. The molecular formula is C12H19NO. The second-order valence-corrected chi connectivity index (χ2v) is 2.72. The van der Waals surface area contributed by atoms with E-state index in [1.165, 1.54) is 0 Å². The van der Waals surface area contributed by atoms with E-state index in [2.05, 4.69) is 31.5 Å². The third-order valence-electron chi connectivity index (χ3n) is 1.80. The predicted molar refractivity (Wildman–Crippen MR) is 61.9 cm³/mol. The first-order valence-electron chi connectivity index (χ1n) is 4.65. The molecule has 2 nitrogen and oxygen atoms in total. The van der Waals surface area contributed by atoms with E-state index in [0.717, 1.165) is 17.7 Å². The average Bonchev–Trinajstić information content (AvgIpc) is 2.22. The Hall–Kier alpha value is -1.44. The first kappa shape index (κ1) is 12.6. The number of allylic oxidation sites excluding steroid dienone is 3. The minimum atomic E-state index is 0.638. The minimum absolute atomic E-state index is 0.638. The molecule has 0 saturated carbocycles. The van der Waals surface area contributed by atoms with Gasteiger partial charge in [0.15, 0.2) is 0 Å². The van der Waals surface area contributed by atoms with Crippen LogP contribution in [0.3, 0.4) is 0 Å². The van der Waals surface area contributed by atoms with Crippen LogP contribution >= 0.6 is 0 Å². The molecule has 0 atom stereocenters. The fourth-order valence-electron chi connectivity index (χ4n) is 1.11. The highest BCUT2D eigenvalue weighted by molar-refractivity contribution is 5.43. The van der Waals surface area contributed by atoms with Gasteiger partial charge >= 0.3 is 0 Å². The van der Waals surface area contributed by atoms with Gasteiger partial charge in [0.25, 0.3) is 0 Å². The smallest absolute Gasteiger partial charge is 0.120 e. The highest BCUT2D eigenvalue weighted by atomic mass is 16.5. The minimum Gasteiger partial charge on any atom is -0.497 e. The zero-order valence-electron chi connectivity index (χ0n) is 9.26. The van der Waals surface area contributed by atoms with Crippen molar-refractivity contribution in [2.45, 2.75) is 13.3 Å². The molecule has 0 aromatic heterocycles. The number of hydrogen-bond donors (Lipinski definition) is 1. The van der Waals surface area contributed by atoms with Crippen molar-refractivity contribution in [3.05, 3.63) is 48.4 Å². The summed E-state index contributed by atoms with van der Waals surface area (Å²) >= 11 is 0. The lowest BCUT2D eigenvalue weighted by molar-refractivity contribution is 0.303. The maximum absolute atomic E-state index is 5.10. The topological polar surface area (TPSA) is 21.3 Å². The molecule has 0 aliphatic carbocycles. The Kier molecular flexibility index (Phi) is 6.29. The van der Waals surface area contributed by atoms with Crippen LogP contribution in [0.25, 0.3) is 0 Å². The maximum atomic E-state index is 5.10. The molecule has 0 spiro atoms. The lowest BCUT2D eigenvalue weighted by Crippen LogP contribution is -2.10. The van der Waals surface area contributed by atoms with E-state index in [9.17, 15) is 0 Å². The lowest BCUT2D eigenvalue weighted by Gasteiger charge is -2.12. The van der Waals surface area contributed by atoms with Crippen LogP contribution in [0.2, 0.25) is 0 Å². The molecule has 0 rings (SSSR count). The molecule has 0 fully saturated rings. The van der Waals surface area contributed by atoms with Crippen LogP contribution in [0.4, 0.5) is 0 Å². The van der Waals surface area contributed by atoms with Gasteiger partial charge in [-0.25, -0.2) is 0 Å². The summed E-state index contributed by atoms with van der Waals surface area (Å²) in [5.74, 6) is 0.638. The molecule has 1 N–H and O–H groups in total. The van der Waals surface area contributed by atoms with Gasteiger partial charge in [0.05, 0.1) is 7.11 Å². The van der Waals surface area contributed by atoms with Gasteiger partial charge in [0.2, 0.25) is 0 Å². The summed E-state index contributed by atoms with van der Waals surface area (Å²) < 4.78 is 5.10. The molecule has 0 unspecified atom stereocenters. The van der Waals surface area contributed by atoms with Gasteiger partial charge in [0, 0.05) is 18.3 Å². The molecule has 0 aromatic rings. The SMILES string of the molecule is C=C/C=C(C(=C)OC)/C(=C/CC)NC. The lowest BCUT2D eigenvalue weighted by atomic mass is 10.1. The summed E-state index contributed by atoms with van der Waals surface area (Å²) in [6, 6.07) is 0. The third kappa shape index (κ3) is 3.52. The first-order chi connectivity index (χ1) is 6.71. The molecule has 0 bridgehead atoms. The Bertz CT molecular complexity index is 261. The third-order valence-corrected chi connectivity index (χ3v) is 1.80. The molecule has 0 amide bonds. The van der Waals surface area contributed by atoms with E-state index < -0.39 is 0 Å². The largest absolute Gasteiger partial charge is 0.497 e. The van der Waals surface area contributed by atoms with Gasteiger partial charge in [-0.2, -0.15) is 0 Å². The number of methoxy groups -OCH3 is 1. The second-order valence-electron chi connectivity index (χ2n) is 2.72. The van der Waals surface area contributed by atoms with Crippen molar-refractivity contribution in [1.29, 1.82) is 0 Å². The monoisotopic (exact) mass is 193 g/mol. The molecule has 0 aromatic carbocycles. The summed E-state index contributed by atoms with van der Waals surface area (Å²) in [4.78, 5) is 0. The van der Waals surface area contributed by atoms with Crippen LogP contribution in [0.1, 0.15) is 13.3 Å². The molecule has 0 saturated heterocycles. The molecule has 0 heterocycles. The van der Waals surface area contributed by atoms with E-state index in [1.807, 2.05) is 13.1 Å². The fraction of sp³-hybridized carbons (Fsp3) is 0.333. The van der Waals surface area contributed by atoms with Crippen molar-refractivity contribution in [1.82, 2.24) is 5.32 Å². The summed E-state index contributed by atoms with van der Waals surface area (Å²) in [5, 5.41) is 3.11. The number of likely N-dealkylation sites (N-methyl/N-ethyl adjacent to an activating group) is 1. The van der Waals surface area contributed by atoms with E-state index in [1.54, 1.807) is 13.2 Å². The van der Waals surface area contributed by atoms with Crippen molar-refractivity contribution in [2.75, 3.05) is 14.2 Å². The van der Waals surface area contributed by atoms with Crippen LogP contribution < -0.4 is 5.32 Å². The molecule has 14 heavy (non-hydrogen) atoms. The van der Waals surface area contributed by atoms with Gasteiger partial charge in [-0.1, -0.05) is 32.2 Å². The Morgan fingerprint density at radius 3 is 2.50 bits per heavy atom. The highest BCUT2D eigenvalue weighted by Crippen LogP contribution is 2.16. The Labute approximate surface area is 86.7 Å². The number of rotatable bonds is 6. The van der Waals surface area contributed by atoms with Gasteiger partial charge in [-0.15, -0.1) is 0 Å². The van der Waals surface area contributed by atoms with Crippen molar-refractivity contribution in [3.63, 3.8) is 0 Å². The zero-order valence-corrected chi connectivity index (χ0v) is 9.26. The fourth-order valence-corrected chi connectivity index (χ4v) is 1.11. The van der Waals surface area contributed by atoms with Crippen molar-refractivity contribution < 1.29 is 4.74 Å². The van der Waals surface area contributed by atoms with Crippen LogP contribution in [-0.4, -0.2) is 14.2 Å². The van der Waals surface area contributed by atoms with E-state index >= 15 is 0 Å². The van der Waals surface area contributed by atoms with Gasteiger partial charge < -0.3 is 10.1 Å².